The van der Waals surface area contributed by atoms with Crippen LogP contribution in [0.2, 0.25) is 0 Å². The molecule has 2 heteroatoms. The predicted molar refractivity (Wildman–Crippen MR) is 306 cm³/mol. The number of hydrogen-bond acceptors (Lipinski definition) is 1. The van der Waals surface area contributed by atoms with E-state index < -0.39 is 0 Å². The molecule has 72 heavy (non-hydrogen) atoms. The van der Waals surface area contributed by atoms with Gasteiger partial charge in [0.1, 0.15) is 0 Å². The first-order valence-electron chi connectivity index (χ1n) is 25.7. The summed E-state index contributed by atoms with van der Waals surface area (Å²) in [5.41, 5.74) is 20.5. The molecule has 0 bridgehead atoms. The Morgan fingerprint density at radius 1 is 0.347 bits per heavy atom. The number of para-hydroxylation sites is 4. The average molecular weight is 923 g/mol. The van der Waals surface area contributed by atoms with Gasteiger partial charge >= 0.3 is 0 Å². The van der Waals surface area contributed by atoms with Gasteiger partial charge in [0, 0.05) is 39.0 Å². The van der Waals surface area contributed by atoms with Gasteiger partial charge in [-0.25, -0.2) is 0 Å². The summed E-state index contributed by atoms with van der Waals surface area (Å²) in [4.78, 5) is 2.47. The van der Waals surface area contributed by atoms with E-state index in [9.17, 15) is 0 Å². The minimum Gasteiger partial charge on any atom is -0.310 e. The summed E-state index contributed by atoms with van der Waals surface area (Å²) in [6, 6.07) is 96.2. The largest absolute Gasteiger partial charge is 0.310 e. The summed E-state index contributed by atoms with van der Waals surface area (Å²) in [6.45, 7) is 0. The van der Waals surface area contributed by atoms with Crippen molar-refractivity contribution in [3.05, 3.63) is 266 Å². The predicted octanol–water partition coefficient (Wildman–Crippen LogP) is 19.8. The van der Waals surface area contributed by atoms with Crippen LogP contribution in [0.4, 0.5) is 17.1 Å². The van der Waals surface area contributed by atoms with E-state index in [1.54, 1.807) is 0 Å². The molecular formula is C70H54N2. The third kappa shape index (κ3) is 7.86. The van der Waals surface area contributed by atoms with Gasteiger partial charge < -0.3 is 9.47 Å². The Labute approximate surface area is 422 Å². The molecule has 0 amide bonds. The van der Waals surface area contributed by atoms with Crippen LogP contribution in [0.3, 0.4) is 0 Å². The van der Waals surface area contributed by atoms with Crippen molar-refractivity contribution < 1.29 is 0 Å². The molecule has 12 aromatic rings. The zero-order valence-electron chi connectivity index (χ0n) is 40.3. The molecule has 0 aliphatic heterocycles. The van der Waals surface area contributed by atoms with Crippen molar-refractivity contribution in [2.75, 3.05) is 4.90 Å². The van der Waals surface area contributed by atoms with Gasteiger partial charge in [-0.05, 0) is 134 Å². The van der Waals surface area contributed by atoms with Crippen molar-refractivity contribution in [3.8, 4) is 61.3 Å². The van der Waals surface area contributed by atoms with E-state index in [0.29, 0.717) is 5.92 Å². The normalized spacial score (nSPS) is 12.9. The molecule has 344 valence electrons. The van der Waals surface area contributed by atoms with Crippen LogP contribution in [-0.2, 0) is 0 Å². The molecule has 0 atom stereocenters. The Kier molecular flexibility index (Phi) is 11.4. The van der Waals surface area contributed by atoms with Crippen molar-refractivity contribution in [2.45, 2.75) is 38.0 Å². The van der Waals surface area contributed by atoms with Crippen LogP contribution in [0, 0.1) is 0 Å². The summed E-state index contributed by atoms with van der Waals surface area (Å²) in [6.07, 6.45) is 6.44. The van der Waals surface area contributed by atoms with E-state index >= 15 is 0 Å². The molecule has 11 aromatic carbocycles. The van der Waals surface area contributed by atoms with Crippen molar-refractivity contribution in [2.24, 2.45) is 0 Å². The number of rotatable bonds is 10. The fourth-order valence-corrected chi connectivity index (χ4v) is 11.8. The van der Waals surface area contributed by atoms with Crippen molar-refractivity contribution >= 4 is 49.6 Å². The highest BCUT2D eigenvalue weighted by Gasteiger charge is 2.24. The lowest BCUT2D eigenvalue weighted by Gasteiger charge is -2.29. The average Bonchev–Trinajstić information content (AvgIpc) is 3.81. The molecule has 13 rings (SSSR count). The topological polar surface area (TPSA) is 8.17 Å². The maximum absolute atomic E-state index is 2.47. The molecule has 0 unspecified atom stereocenters. The van der Waals surface area contributed by atoms with E-state index in [-0.39, 0.29) is 0 Å². The number of benzene rings is 11. The molecular weight excluding hydrogens is 869 g/mol. The molecule has 1 aliphatic carbocycles. The molecule has 1 saturated carbocycles. The summed E-state index contributed by atoms with van der Waals surface area (Å²) >= 11 is 0. The first-order valence-corrected chi connectivity index (χ1v) is 25.7. The van der Waals surface area contributed by atoms with Gasteiger partial charge in [-0.15, -0.1) is 0 Å². The zero-order valence-corrected chi connectivity index (χ0v) is 40.3. The van der Waals surface area contributed by atoms with Crippen LogP contribution in [-0.4, -0.2) is 4.57 Å². The highest BCUT2D eigenvalue weighted by Crippen LogP contribution is 2.47. The molecule has 1 fully saturated rings. The SMILES string of the molecule is c1ccc(-c2ccc(-c3ccc(N(c4ccc(-c5cccc6c7ccccc7n(-c7ccccc7)c56)cc4)c4ccccc4-c4cccc5cccc(C6CCCCC6)c45)cc3)cc2-c2ccccc2)cc1. The third-order valence-corrected chi connectivity index (χ3v) is 15.2. The fraction of sp³-hybridized carbons (Fsp3) is 0.0857. The molecule has 0 spiro atoms. The number of aromatic nitrogens is 1. The van der Waals surface area contributed by atoms with Crippen LogP contribution < -0.4 is 4.90 Å². The van der Waals surface area contributed by atoms with Gasteiger partial charge in [-0.3, -0.25) is 0 Å². The lowest BCUT2D eigenvalue weighted by molar-refractivity contribution is 0.445. The smallest absolute Gasteiger partial charge is 0.0619 e. The van der Waals surface area contributed by atoms with Gasteiger partial charge in [-0.2, -0.15) is 0 Å². The van der Waals surface area contributed by atoms with Crippen molar-refractivity contribution in [1.82, 2.24) is 4.57 Å². The second-order valence-electron chi connectivity index (χ2n) is 19.4. The number of anilines is 3. The lowest BCUT2D eigenvalue weighted by Crippen LogP contribution is -2.11. The van der Waals surface area contributed by atoms with E-state index in [4.69, 9.17) is 0 Å². The van der Waals surface area contributed by atoms with Gasteiger partial charge in [0.05, 0.1) is 16.7 Å². The van der Waals surface area contributed by atoms with Crippen molar-refractivity contribution in [3.63, 3.8) is 0 Å². The first kappa shape index (κ1) is 43.3. The second-order valence-corrected chi connectivity index (χ2v) is 19.4. The van der Waals surface area contributed by atoms with E-state index in [1.807, 2.05) is 0 Å². The summed E-state index contributed by atoms with van der Waals surface area (Å²) < 4.78 is 2.43. The van der Waals surface area contributed by atoms with Crippen LogP contribution in [0.15, 0.2) is 261 Å². The van der Waals surface area contributed by atoms with Gasteiger partial charge in [0.25, 0.3) is 0 Å². The Morgan fingerprint density at radius 2 is 0.889 bits per heavy atom. The quantitative estimate of drug-likeness (QED) is 0.133. The summed E-state index contributed by atoms with van der Waals surface area (Å²) in [5, 5.41) is 5.20. The highest BCUT2D eigenvalue weighted by molar-refractivity contribution is 6.14. The molecule has 0 N–H and O–H groups in total. The van der Waals surface area contributed by atoms with E-state index in [0.717, 1.165) is 22.7 Å². The van der Waals surface area contributed by atoms with Crippen LogP contribution >= 0.6 is 0 Å². The van der Waals surface area contributed by atoms with Gasteiger partial charge in [-0.1, -0.05) is 226 Å². The molecule has 2 nitrogen and oxygen atoms in total. The van der Waals surface area contributed by atoms with Gasteiger partial charge in [0.2, 0.25) is 0 Å². The lowest BCUT2D eigenvalue weighted by atomic mass is 9.80. The molecule has 0 saturated heterocycles. The number of hydrogen-bond donors (Lipinski definition) is 0. The third-order valence-electron chi connectivity index (χ3n) is 15.2. The number of nitrogens with zero attached hydrogens (tertiary/aromatic N) is 2. The monoisotopic (exact) mass is 922 g/mol. The van der Waals surface area contributed by atoms with Crippen molar-refractivity contribution in [1.29, 1.82) is 0 Å². The minimum atomic E-state index is 0.571. The molecule has 1 aromatic heterocycles. The maximum atomic E-state index is 2.47. The first-order chi connectivity index (χ1) is 35.7. The standard InChI is InChI=1S/C70H54N2/c1-5-20-50(21-6-1)59-47-42-55(48-66(59)52-24-9-3-10-25-52)49-38-43-57(44-39-49)71(67-36-15-13-30-62(67)64-34-18-27-54-26-17-32-60(69(54)64)51-22-7-2-8-23-51)58-45-40-53(41-46-58)61-33-19-35-65-63-31-14-16-37-68(63)72(70(61)65)56-28-11-4-12-29-56/h1,3-6,9-21,24-48,51H,2,7-8,22-23H2. The fourth-order valence-electron chi connectivity index (χ4n) is 11.8. The second kappa shape index (κ2) is 18.9. The summed E-state index contributed by atoms with van der Waals surface area (Å²) in [7, 11) is 0. The maximum Gasteiger partial charge on any atom is 0.0619 e. The van der Waals surface area contributed by atoms with Crippen LogP contribution in [0.1, 0.15) is 43.6 Å². The Hall–Kier alpha value is -8.72. The minimum absolute atomic E-state index is 0.571. The molecule has 0 radical (unpaired) electrons. The highest BCUT2D eigenvalue weighted by atomic mass is 15.1. The van der Waals surface area contributed by atoms with E-state index in [1.165, 1.54) is 126 Å². The molecule has 1 aliphatic rings. The Balaban J connectivity index is 0.964. The Morgan fingerprint density at radius 3 is 1.62 bits per heavy atom. The van der Waals surface area contributed by atoms with E-state index in [2.05, 4.69) is 270 Å². The van der Waals surface area contributed by atoms with Gasteiger partial charge in [0.15, 0.2) is 0 Å². The summed E-state index contributed by atoms with van der Waals surface area (Å²) in [5.74, 6) is 0.571. The Bertz CT molecular complexity index is 3860. The van der Waals surface area contributed by atoms with Crippen LogP contribution in [0.25, 0.3) is 93.9 Å². The molecule has 1 heterocycles. The number of fused-ring (bicyclic) bond motifs is 4. The van der Waals surface area contributed by atoms with Crippen LogP contribution in [0.5, 0.6) is 0 Å². The zero-order chi connectivity index (χ0) is 47.8.